The second kappa shape index (κ2) is 8.20. The lowest BCUT2D eigenvalue weighted by atomic mass is 10.6. The Morgan fingerprint density at radius 3 is 2.75 bits per heavy atom. The van der Waals surface area contributed by atoms with Gasteiger partial charge in [0.05, 0.1) is 13.2 Å². The summed E-state index contributed by atoms with van der Waals surface area (Å²) in [5, 5.41) is 0. The SMILES string of the molecule is CCOCC=NCC(=O)OCC. The van der Waals surface area contributed by atoms with E-state index < -0.39 is 0 Å². The zero-order chi connectivity index (χ0) is 9.23. The van der Waals surface area contributed by atoms with Crippen molar-refractivity contribution < 1.29 is 14.3 Å². The van der Waals surface area contributed by atoms with Crippen LogP contribution in [0, 0.1) is 0 Å². The Balaban J connectivity index is 3.27. The van der Waals surface area contributed by atoms with Gasteiger partial charge in [-0.05, 0) is 13.8 Å². The standard InChI is InChI=1S/C8H15NO3/c1-3-11-6-5-9-7-8(10)12-4-2/h5H,3-4,6-7H2,1-2H3. The summed E-state index contributed by atoms with van der Waals surface area (Å²) in [6.45, 7) is 5.27. The van der Waals surface area contributed by atoms with Crippen molar-refractivity contribution in [1.82, 2.24) is 0 Å². The molecular weight excluding hydrogens is 158 g/mol. The second-order valence-corrected chi connectivity index (χ2v) is 1.99. The number of carbonyl (C=O) groups excluding carboxylic acids is 1. The summed E-state index contributed by atoms with van der Waals surface area (Å²) in [6, 6.07) is 0. The van der Waals surface area contributed by atoms with E-state index >= 15 is 0 Å². The van der Waals surface area contributed by atoms with E-state index in [1.54, 1.807) is 13.1 Å². The van der Waals surface area contributed by atoms with Gasteiger partial charge < -0.3 is 9.47 Å². The lowest BCUT2D eigenvalue weighted by Crippen LogP contribution is -2.08. The zero-order valence-corrected chi connectivity index (χ0v) is 7.58. The molecule has 0 aliphatic heterocycles. The fraction of sp³-hybridized carbons (Fsp3) is 0.750. The maximum absolute atomic E-state index is 10.7. The molecule has 0 aromatic rings. The number of ether oxygens (including phenoxy) is 2. The van der Waals surface area contributed by atoms with Crippen LogP contribution in [0.1, 0.15) is 13.8 Å². The van der Waals surface area contributed by atoms with Gasteiger partial charge in [-0.1, -0.05) is 0 Å². The highest BCUT2D eigenvalue weighted by molar-refractivity contribution is 5.74. The molecule has 0 saturated carbocycles. The van der Waals surface area contributed by atoms with E-state index in [0.29, 0.717) is 19.8 Å². The van der Waals surface area contributed by atoms with Crippen LogP contribution in [0.2, 0.25) is 0 Å². The highest BCUT2D eigenvalue weighted by atomic mass is 16.5. The van der Waals surface area contributed by atoms with Gasteiger partial charge in [0.2, 0.25) is 0 Å². The van der Waals surface area contributed by atoms with E-state index in [2.05, 4.69) is 9.73 Å². The minimum atomic E-state index is -0.301. The van der Waals surface area contributed by atoms with Crippen molar-refractivity contribution in [3.05, 3.63) is 0 Å². The van der Waals surface area contributed by atoms with E-state index in [9.17, 15) is 4.79 Å². The Kier molecular flexibility index (Phi) is 7.58. The molecule has 0 bridgehead atoms. The van der Waals surface area contributed by atoms with Crippen LogP contribution in [0.4, 0.5) is 0 Å². The highest BCUT2D eigenvalue weighted by Gasteiger charge is 1.95. The minimum Gasteiger partial charge on any atom is -0.465 e. The third kappa shape index (κ3) is 7.21. The Morgan fingerprint density at radius 1 is 1.42 bits per heavy atom. The third-order valence-corrected chi connectivity index (χ3v) is 1.05. The predicted molar refractivity (Wildman–Crippen MR) is 46.5 cm³/mol. The van der Waals surface area contributed by atoms with Crippen molar-refractivity contribution in [3.8, 4) is 0 Å². The maximum Gasteiger partial charge on any atom is 0.327 e. The van der Waals surface area contributed by atoms with Gasteiger partial charge in [0, 0.05) is 12.8 Å². The maximum atomic E-state index is 10.7. The number of hydrogen-bond acceptors (Lipinski definition) is 4. The smallest absolute Gasteiger partial charge is 0.327 e. The molecule has 0 unspecified atom stereocenters. The topological polar surface area (TPSA) is 47.9 Å². The average molecular weight is 173 g/mol. The van der Waals surface area contributed by atoms with Gasteiger partial charge >= 0.3 is 5.97 Å². The number of hydrogen-bond donors (Lipinski definition) is 0. The summed E-state index contributed by atoms with van der Waals surface area (Å²) in [4.78, 5) is 14.5. The lowest BCUT2D eigenvalue weighted by Gasteiger charge is -1.96. The highest BCUT2D eigenvalue weighted by Crippen LogP contribution is 1.78. The van der Waals surface area contributed by atoms with E-state index in [-0.39, 0.29) is 12.5 Å². The molecule has 0 radical (unpaired) electrons. The largest absolute Gasteiger partial charge is 0.465 e. The molecular formula is C8H15NO3. The number of aliphatic imine (C=N–C) groups is 1. The van der Waals surface area contributed by atoms with Crippen molar-refractivity contribution in [3.63, 3.8) is 0 Å². The summed E-state index contributed by atoms with van der Waals surface area (Å²) in [5.41, 5.74) is 0. The summed E-state index contributed by atoms with van der Waals surface area (Å²) in [6.07, 6.45) is 1.57. The van der Waals surface area contributed by atoms with E-state index in [0.717, 1.165) is 0 Å². The van der Waals surface area contributed by atoms with Crippen LogP contribution in [0.25, 0.3) is 0 Å². The van der Waals surface area contributed by atoms with Crippen LogP contribution in [0.15, 0.2) is 4.99 Å². The summed E-state index contributed by atoms with van der Waals surface area (Å²) < 4.78 is 9.63. The molecule has 70 valence electrons. The molecule has 0 aliphatic carbocycles. The molecule has 0 saturated heterocycles. The molecule has 0 fully saturated rings. The third-order valence-electron chi connectivity index (χ3n) is 1.05. The molecule has 0 aliphatic rings. The first kappa shape index (κ1) is 11.1. The van der Waals surface area contributed by atoms with Crippen LogP contribution < -0.4 is 0 Å². The average Bonchev–Trinajstić information content (AvgIpc) is 2.05. The summed E-state index contributed by atoms with van der Waals surface area (Å²) in [5.74, 6) is -0.301. The first-order valence-corrected chi connectivity index (χ1v) is 4.02. The molecule has 0 rings (SSSR count). The molecule has 0 amide bonds. The first-order chi connectivity index (χ1) is 5.81. The number of carbonyl (C=O) groups is 1. The van der Waals surface area contributed by atoms with E-state index in [1.165, 1.54) is 0 Å². The number of nitrogens with zero attached hydrogens (tertiary/aromatic N) is 1. The molecule has 0 aromatic carbocycles. The Morgan fingerprint density at radius 2 is 2.17 bits per heavy atom. The number of rotatable bonds is 6. The molecule has 4 nitrogen and oxygen atoms in total. The van der Waals surface area contributed by atoms with Gasteiger partial charge in [-0.2, -0.15) is 0 Å². The molecule has 12 heavy (non-hydrogen) atoms. The molecule has 0 aromatic heterocycles. The molecule has 0 spiro atoms. The normalized spacial score (nSPS) is 10.5. The van der Waals surface area contributed by atoms with Crippen LogP contribution >= 0.6 is 0 Å². The minimum absolute atomic E-state index is 0.0842. The lowest BCUT2D eigenvalue weighted by molar-refractivity contribution is -0.141. The zero-order valence-electron chi connectivity index (χ0n) is 7.58. The van der Waals surface area contributed by atoms with Gasteiger partial charge in [-0.25, -0.2) is 0 Å². The summed E-state index contributed by atoms with van der Waals surface area (Å²) in [7, 11) is 0. The van der Waals surface area contributed by atoms with Crippen molar-refractivity contribution in [1.29, 1.82) is 0 Å². The van der Waals surface area contributed by atoms with E-state index in [1.807, 2.05) is 6.92 Å². The Bertz CT molecular complexity index is 145. The van der Waals surface area contributed by atoms with Crippen LogP contribution in [-0.4, -0.2) is 38.5 Å². The fourth-order valence-electron chi connectivity index (χ4n) is 0.569. The Labute approximate surface area is 72.6 Å². The molecule has 0 atom stereocenters. The van der Waals surface area contributed by atoms with Crippen LogP contribution in [-0.2, 0) is 14.3 Å². The quantitative estimate of drug-likeness (QED) is 0.337. The van der Waals surface area contributed by atoms with E-state index in [4.69, 9.17) is 4.74 Å². The molecule has 4 heteroatoms. The Hall–Kier alpha value is -0.900. The second-order valence-electron chi connectivity index (χ2n) is 1.99. The van der Waals surface area contributed by atoms with Gasteiger partial charge in [0.1, 0.15) is 6.54 Å². The van der Waals surface area contributed by atoms with Crippen molar-refractivity contribution in [2.45, 2.75) is 13.8 Å². The van der Waals surface area contributed by atoms with Gasteiger partial charge in [0.15, 0.2) is 0 Å². The van der Waals surface area contributed by atoms with Gasteiger partial charge in [0.25, 0.3) is 0 Å². The van der Waals surface area contributed by atoms with Gasteiger partial charge in [-0.15, -0.1) is 0 Å². The van der Waals surface area contributed by atoms with Crippen LogP contribution in [0.3, 0.4) is 0 Å². The molecule has 0 heterocycles. The monoisotopic (exact) mass is 173 g/mol. The number of esters is 1. The predicted octanol–water partition coefficient (Wildman–Crippen LogP) is 0.657. The molecule has 0 N–H and O–H groups in total. The first-order valence-electron chi connectivity index (χ1n) is 4.02. The van der Waals surface area contributed by atoms with Crippen molar-refractivity contribution in [2.24, 2.45) is 4.99 Å². The van der Waals surface area contributed by atoms with Crippen molar-refractivity contribution in [2.75, 3.05) is 26.4 Å². The van der Waals surface area contributed by atoms with Gasteiger partial charge in [-0.3, -0.25) is 9.79 Å². The van der Waals surface area contributed by atoms with Crippen LogP contribution in [0.5, 0.6) is 0 Å². The fourth-order valence-corrected chi connectivity index (χ4v) is 0.569. The van der Waals surface area contributed by atoms with Crippen molar-refractivity contribution >= 4 is 12.2 Å². The summed E-state index contributed by atoms with van der Waals surface area (Å²) >= 11 is 0.